The molecule has 0 bridgehead atoms. The van der Waals surface area contributed by atoms with E-state index in [0.717, 1.165) is 0 Å². The lowest BCUT2D eigenvalue weighted by molar-refractivity contribution is 0.0523. The van der Waals surface area contributed by atoms with Gasteiger partial charge in [-0.3, -0.25) is 4.79 Å². The third-order valence-electron chi connectivity index (χ3n) is 2.11. The lowest BCUT2D eigenvalue weighted by atomic mass is 10.0. The molecule has 0 heterocycles. The smallest absolute Gasteiger partial charge is 0.338 e. The lowest BCUT2D eigenvalue weighted by Crippen LogP contribution is -2.12. The van der Waals surface area contributed by atoms with Crippen LogP contribution in [0.3, 0.4) is 0 Å². The number of carbonyl (C=O) groups is 2. The topological polar surface area (TPSA) is 43.4 Å². The molecule has 4 heteroatoms. The maximum Gasteiger partial charge on any atom is 0.338 e. The Kier molecular flexibility index (Phi) is 4.50. The largest absolute Gasteiger partial charge is 0.462 e. The van der Waals surface area contributed by atoms with Gasteiger partial charge in [0.25, 0.3) is 0 Å². The van der Waals surface area contributed by atoms with Crippen molar-refractivity contribution in [2.24, 2.45) is 0 Å². The standard InChI is InChI=1S/C12H13ClO3/c1-3-10(14)11-8(12(15)16-4-2)6-5-7-9(11)13/h5-7H,3-4H2,1-2H3. The number of hydrogen-bond acceptors (Lipinski definition) is 3. The Morgan fingerprint density at radius 1 is 1.31 bits per heavy atom. The molecule has 0 N–H and O–H groups in total. The minimum Gasteiger partial charge on any atom is -0.462 e. The fourth-order valence-electron chi connectivity index (χ4n) is 1.36. The number of carbonyl (C=O) groups excluding carboxylic acids is 2. The van der Waals surface area contributed by atoms with Crippen LogP contribution in [0.5, 0.6) is 0 Å². The second-order valence-electron chi connectivity index (χ2n) is 3.16. The first kappa shape index (κ1) is 12.7. The molecule has 0 radical (unpaired) electrons. The Bertz CT molecular complexity index is 413. The Morgan fingerprint density at radius 3 is 2.56 bits per heavy atom. The summed E-state index contributed by atoms with van der Waals surface area (Å²) in [6, 6.07) is 4.76. The van der Waals surface area contributed by atoms with Gasteiger partial charge in [0.05, 0.1) is 22.8 Å². The minimum atomic E-state index is -0.512. The molecule has 1 rings (SSSR count). The molecule has 1 aromatic rings. The van der Waals surface area contributed by atoms with Gasteiger partial charge in [0.1, 0.15) is 0 Å². The van der Waals surface area contributed by atoms with Gasteiger partial charge in [0.2, 0.25) is 0 Å². The van der Waals surface area contributed by atoms with Gasteiger partial charge < -0.3 is 4.74 Å². The van der Waals surface area contributed by atoms with E-state index in [4.69, 9.17) is 16.3 Å². The Labute approximate surface area is 99.4 Å². The summed E-state index contributed by atoms with van der Waals surface area (Å²) in [5.41, 5.74) is 0.492. The molecule has 86 valence electrons. The number of halogens is 1. The monoisotopic (exact) mass is 240 g/mol. The average molecular weight is 241 g/mol. The molecule has 0 unspecified atom stereocenters. The van der Waals surface area contributed by atoms with Crippen molar-refractivity contribution >= 4 is 23.4 Å². The van der Waals surface area contributed by atoms with Crippen molar-refractivity contribution < 1.29 is 14.3 Å². The highest BCUT2D eigenvalue weighted by molar-refractivity contribution is 6.34. The molecule has 0 amide bonds. The summed E-state index contributed by atoms with van der Waals surface area (Å²) in [7, 11) is 0. The van der Waals surface area contributed by atoms with E-state index in [-0.39, 0.29) is 28.5 Å². The molecule has 0 aliphatic carbocycles. The van der Waals surface area contributed by atoms with Crippen molar-refractivity contribution in [1.82, 2.24) is 0 Å². The highest BCUT2D eigenvalue weighted by atomic mass is 35.5. The van der Waals surface area contributed by atoms with Crippen molar-refractivity contribution in [2.75, 3.05) is 6.61 Å². The van der Waals surface area contributed by atoms with Gasteiger partial charge in [0.15, 0.2) is 5.78 Å². The summed E-state index contributed by atoms with van der Waals surface area (Å²) in [5.74, 6) is -0.671. The molecule has 0 saturated heterocycles. The fourth-order valence-corrected chi connectivity index (χ4v) is 1.64. The normalized spacial score (nSPS) is 9.94. The molecule has 0 aliphatic rings. The first-order valence-corrected chi connectivity index (χ1v) is 5.48. The summed E-state index contributed by atoms with van der Waals surface area (Å²) in [5, 5.41) is 0.289. The summed E-state index contributed by atoms with van der Waals surface area (Å²) in [6.45, 7) is 3.70. The molecule has 3 nitrogen and oxygen atoms in total. The Morgan fingerprint density at radius 2 is 2.00 bits per heavy atom. The van der Waals surface area contributed by atoms with Gasteiger partial charge in [-0.05, 0) is 19.1 Å². The summed E-state index contributed by atoms with van der Waals surface area (Å²) < 4.78 is 4.87. The van der Waals surface area contributed by atoms with E-state index in [2.05, 4.69) is 0 Å². The highest BCUT2D eigenvalue weighted by Gasteiger charge is 2.19. The van der Waals surface area contributed by atoms with Gasteiger partial charge in [-0.15, -0.1) is 0 Å². The molecule has 0 aromatic heterocycles. The first-order chi connectivity index (χ1) is 7.61. The number of Topliss-reactive ketones (excluding diaryl/α,β-unsaturated/α-hetero) is 1. The van der Waals surface area contributed by atoms with E-state index in [0.29, 0.717) is 6.42 Å². The summed E-state index contributed by atoms with van der Waals surface area (Å²) in [4.78, 5) is 23.3. The number of esters is 1. The third kappa shape index (κ3) is 2.61. The van der Waals surface area contributed by atoms with Gasteiger partial charge in [-0.1, -0.05) is 24.6 Å². The van der Waals surface area contributed by atoms with Crippen LogP contribution in [0, 0.1) is 0 Å². The minimum absolute atomic E-state index is 0.159. The predicted octanol–water partition coefficient (Wildman–Crippen LogP) is 3.11. The zero-order valence-electron chi connectivity index (χ0n) is 9.25. The maximum atomic E-state index is 11.7. The van der Waals surface area contributed by atoms with Crippen LogP contribution in [0.1, 0.15) is 41.0 Å². The van der Waals surface area contributed by atoms with Crippen LogP contribution < -0.4 is 0 Å². The first-order valence-electron chi connectivity index (χ1n) is 5.10. The van der Waals surface area contributed by atoms with Crippen molar-refractivity contribution in [3.05, 3.63) is 34.3 Å². The van der Waals surface area contributed by atoms with Crippen molar-refractivity contribution in [2.45, 2.75) is 20.3 Å². The predicted molar refractivity (Wildman–Crippen MR) is 62.0 cm³/mol. The Balaban J connectivity index is 3.22. The number of rotatable bonds is 4. The van der Waals surface area contributed by atoms with E-state index < -0.39 is 5.97 Å². The fraction of sp³-hybridized carbons (Fsp3) is 0.333. The van der Waals surface area contributed by atoms with Crippen LogP contribution in [-0.4, -0.2) is 18.4 Å². The van der Waals surface area contributed by atoms with Gasteiger partial charge in [-0.25, -0.2) is 4.79 Å². The molecule has 0 aliphatic heterocycles. The van der Waals surface area contributed by atoms with Gasteiger partial charge in [-0.2, -0.15) is 0 Å². The summed E-state index contributed by atoms with van der Waals surface area (Å²) >= 11 is 5.92. The number of benzene rings is 1. The number of ketones is 1. The second-order valence-corrected chi connectivity index (χ2v) is 3.57. The lowest BCUT2D eigenvalue weighted by Gasteiger charge is -2.08. The molecule has 0 saturated carbocycles. The maximum absolute atomic E-state index is 11.7. The zero-order chi connectivity index (χ0) is 12.1. The molecule has 1 aromatic carbocycles. The highest BCUT2D eigenvalue weighted by Crippen LogP contribution is 2.22. The SMILES string of the molecule is CCOC(=O)c1cccc(Cl)c1C(=O)CC. The number of ether oxygens (including phenoxy) is 1. The van der Waals surface area contributed by atoms with Crippen LogP contribution in [0.4, 0.5) is 0 Å². The van der Waals surface area contributed by atoms with Crippen LogP contribution in [0.25, 0.3) is 0 Å². The van der Waals surface area contributed by atoms with Crippen LogP contribution in [0.15, 0.2) is 18.2 Å². The molecular formula is C12H13ClO3. The molecule has 0 spiro atoms. The molecule has 0 atom stereocenters. The zero-order valence-corrected chi connectivity index (χ0v) is 10.0. The van der Waals surface area contributed by atoms with Crippen molar-refractivity contribution in [1.29, 1.82) is 0 Å². The second kappa shape index (κ2) is 5.66. The van der Waals surface area contributed by atoms with Gasteiger partial charge >= 0.3 is 5.97 Å². The van der Waals surface area contributed by atoms with E-state index in [1.165, 1.54) is 0 Å². The van der Waals surface area contributed by atoms with Crippen LogP contribution in [-0.2, 0) is 4.74 Å². The van der Waals surface area contributed by atoms with Crippen LogP contribution in [0.2, 0.25) is 5.02 Å². The van der Waals surface area contributed by atoms with Crippen LogP contribution >= 0.6 is 11.6 Å². The average Bonchev–Trinajstić information content (AvgIpc) is 2.28. The summed E-state index contributed by atoms with van der Waals surface area (Å²) in [6.07, 6.45) is 0.302. The van der Waals surface area contributed by atoms with E-state index in [9.17, 15) is 9.59 Å². The van der Waals surface area contributed by atoms with Crippen molar-refractivity contribution in [3.63, 3.8) is 0 Å². The molecule has 16 heavy (non-hydrogen) atoms. The van der Waals surface area contributed by atoms with E-state index >= 15 is 0 Å². The quantitative estimate of drug-likeness (QED) is 0.600. The molecular weight excluding hydrogens is 228 g/mol. The van der Waals surface area contributed by atoms with Crippen molar-refractivity contribution in [3.8, 4) is 0 Å². The molecule has 0 fully saturated rings. The van der Waals surface area contributed by atoms with Gasteiger partial charge in [0, 0.05) is 6.42 Å². The third-order valence-corrected chi connectivity index (χ3v) is 2.42. The Hall–Kier alpha value is -1.35. The van der Waals surface area contributed by atoms with E-state index in [1.807, 2.05) is 0 Å². The number of hydrogen-bond donors (Lipinski definition) is 0. The van der Waals surface area contributed by atoms with E-state index in [1.54, 1.807) is 32.0 Å².